The Morgan fingerprint density at radius 1 is 1.33 bits per heavy atom. The Labute approximate surface area is 61.9 Å². The van der Waals surface area contributed by atoms with E-state index >= 15 is 0 Å². The topological polar surface area (TPSA) is 40.5 Å². The van der Waals surface area contributed by atoms with Crippen LogP contribution in [-0.2, 0) is 0 Å². The summed E-state index contributed by atoms with van der Waals surface area (Å²) in [6.45, 7) is 2.62. The lowest BCUT2D eigenvalue weighted by molar-refractivity contribution is -0.959. The fourth-order valence-corrected chi connectivity index (χ4v) is 0.163. The predicted octanol–water partition coefficient (Wildman–Crippen LogP) is -3.65. The molecule has 0 fully saturated rings. The Morgan fingerprint density at radius 2 is 1.67 bits per heavy atom. The van der Waals surface area contributed by atoms with Gasteiger partial charge in [-0.15, -0.1) is 0 Å². The molecule has 0 aromatic carbocycles. The van der Waals surface area contributed by atoms with Crippen molar-refractivity contribution in [3.63, 3.8) is 0 Å². The number of aliphatic hydroxyl groups is 2. The van der Waals surface area contributed by atoms with Crippen molar-refractivity contribution < 1.29 is 27.1 Å². The first kappa shape index (κ1) is 11.9. The molecule has 0 saturated carbocycles. The second-order valence-electron chi connectivity index (χ2n) is 2.44. The second-order valence-corrected chi connectivity index (χ2v) is 2.44. The SMILES string of the molecule is CC[N+](C)(C)C(O)O.[Cl-]. The molecule has 58 valence electrons. The first-order chi connectivity index (χ1) is 3.50. The average molecular weight is 156 g/mol. The zero-order valence-electron chi connectivity index (χ0n) is 6.00. The molecule has 0 spiro atoms. The number of quaternary nitrogens is 1. The lowest BCUT2D eigenvalue weighted by atomic mass is 10.5. The summed E-state index contributed by atoms with van der Waals surface area (Å²) in [5.74, 6) is 0. The summed E-state index contributed by atoms with van der Waals surface area (Å²) in [6.07, 6.45) is -1.25. The van der Waals surface area contributed by atoms with Crippen molar-refractivity contribution in [2.75, 3.05) is 20.6 Å². The fourth-order valence-electron chi connectivity index (χ4n) is 0.163. The van der Waals surface area contributed by atoms with Gasteiger partial charge in [0.2, 0.25) is 0 Å². The summed E-state index contributed by atoms with van der Waals surface area (Å²) in [6, 6.07) is 0. The predicted molar refractivity (Wildman–Crippen MR) is 30.9 cm³/mol. The number of nitrogens with zero attached hydrogens (tertiary/aromatic N) is 1. The summed E-state index contributed by atoms with van der Waals surface area (Å²) in [4.78, 5) is 0. The van der Waals surface area contributed by atoms with Gasteiger partial charge in [-0.2, -0.15) is 0 Å². The minimum atomic E-state index is -1.25. The number of rotatable bonds is 2. The van der Waals surface area contributed by atoms with Crippen LogP contribution in [0.3, 0.4) is 0 Å². The molecule has 0 amide bonds. The molecule has 0 heterocycles. The van der Waals surface area contributed by atoms with Crippen molar-refractivity contribution in [1.29, 1.82) is 0 Å². The highest BCUT2D eigenvalue weighted by Crippen LogP contribution is 1.97. The van der Waals surface area contributed by atoms with Gasteiger partial charge in [-0.05, 0) is 6.92 Å². The van der Waals surface area contributed by atoms with Gasteiger partial charge in [0.1, 0.15) is 0 Å². The molecular formula is C5H14ClNO2. The zero-order valence-corrected chi connectivity index (χ0v) is 6.76. The van der Waals surface area contributed by atoms with E-state index in [9.17, 15) is 0 Å². The smallest absolute Gasteiger partial charge is 0.303 e. The van der Waals surface area contributed by atoms with E-state index in [1.54, 1.807) is 14.1 Å². The third-order valence-electron chi connectivity index (χ3n) is 1.44. The van der Waals surface area contributed by atoms with Crippen LogP contribution in [0.5, 0.6) is 0 Å². The molecular weight excluding hydrogens is 142 g/mol. The van der Waals surface area contributed by atoms with Crippen molar-refractivity contribution in [3.05, 3.63) is 0 Å². The van der Waals surface area contributed by atoms with Gasteiger partial charge in [-0.1, -0.05) is 0 Å². The Kier molecular flexibility index (Phi) is 5.37. The highest BCUT2D eigenvalue weighted by molar-refractivity contribution is 4.16. The van der Waals surface area contributed by atoms with Crippen LogP contribution in [0.1, 0.15) is 6.92 Å². The summed E-state index contributed by atoms with van der Waals surface area (Å²) < 4.78 is 0.236. The minimum Gasteiger partial charge on any atom is -1.00 e. The van der Waals surface area contributed by atoms with E-state index in [-0.39, 0.29) is 16.9 Å². The molecule has 0 bridgehead atoms. The van der Waals surface area contributed by atoms with Crippen molar-refractivity contribution >= 4 is 0 Å². The number of aliphatic hydroxyl groups excluding tert-OH is 1. The van der Waals surface area contributed by atoms with E-state index in [2.05, 4.69) is 0 Å². The molecule has 0 aromatic heterocycles. The van der Waals surface area contributed by atoms with Crippen LogP contribution in [0.15, 0.2) is 0 Å². The van der Waals surface area contributed by atoms with Gasteiger partial charge in [-0.25, -0.2) is 0 Å². The quantitative estimate of drug-likeness (QED) is 0.319. The van der Waals surface area contributed by atoms with Gasteiger partial charge >= 0.3 is 6.41 Å². The third-order valence-corrected chi connectivity index (χ3v) is 1.44. The van der Waals surface area contributed by atoms with Crippen molar-refractivity contribution in [3.8, 4) is 0 Å². The van der Waals surface area contributed by atoms with E-state index in [0.29, 0.717) is 0 Å². The van der Waals surface area contributed by atoms with Crippen molar-refractivity contribution in [1.82, 2.24) is 0 Å². The normalized spacial score (nSPS) is 11.3. The van der Waals surface area contributed by atoms with E-state index in [1.165, 1.54) is 0 Å². The Bertz CT molecular complexity index is 75.4. The summed E-state index contributed by atoms with van der Waals surface area (Å²) in [5, 5.41) is 17.2. The van der Waals surface area contributed by atoms with Gasteiger partial charge in [-0.3, -0.25) is 4.48 Å². The molecule has 0 aliphatic carbocycles. The van der Waals surface area contributed by atoms with E-state index in [0.717, 1.165) is 6.54 Å². The fraction of sp³-hybridized carbons (Fsp3) is 1.00. The summed E-state index contributed by atoms with van der Waals surface area (Å²) in [7, 11) is 3.51. The average Bonchev–Trinajstić information content (AvgIpc) is 1.67. The maximum atomic E-state index is 8.61. The molecule has 0 aliphatic rings. The van der Waals surface area contributed by atoms with Gasteiger partial charge in [0.05, 0.1) is 20.6 Å². The Balaban J connectivity index is 0. The van der Waals surface area contributed by atoms with Gasteiger partial charge in [0.25, 0.3) is 0 Å². The van der Waals surface area contributed by atoms with E-state index in [4.69, 9.17) is 10.2 Å². The largest absolute Gasteiger partial charge is 1.00 e. The maximum absolute atomic E-state index is 8.61. The molecule has 9 heavy (non-hydrogen) atoms. The van der Waals surface area contributed by atoms with Crippen LogP contribution in [0.4, 0.5) is 0 Å². The molecule has 0 radical (unpaired) electrons. The second kappa shape index (κ2) is 4.06. The first-order valence-electron chi connectivity index (χ1n) is 2.69. The Hall–Kier alpha value is 0.170. The lowest BCUT2D eigenvalue weighted by Gasteiger charge is -2.28. The third kappa shape index (κ3) is 3.70. The molecule has 3 nitrogen and oxygen atoms in total. The van der Waals surface area contributed by atoms with Crippen LogP contribution < -0.4 is 12.4 Å². The maximum Gasteiger partial charge on any atom is 0.303 e. The molecule has 0 atom stereocenters. The lowest BCUT2D eigenvalue weighted by Crippen LogP contribution is -3.00. The standard InChI is InChI=1S/C5H14NO2.ClH/c1-4-6(2,3)5(7)8;/h5,7-8H,4H2,1-3H3;1H/q+1;/p-1. The Morgan fingerprint density at radius 3 is 1.67 bits per heavy atom. The summed E-state index contributed by atoms with van der Waals surface area (Å²) >= 11 is 0. The minimum absolute atomic E-state index is 0. The van der Waals surface area contributed by atoms with Gasteiger partial charge in [0, 0.05) is 0 Å². The summed E-state index contributed by atoms with van der Waals surface area (Å²) in [5.41, 5.74) is 0. The van der Waals surface area contributed by atoms with Crippen LogP contribution >= 0.6 is 0 Å². The molecule has 0 aromatic rings. The number of hydrogen-bond donors (Lipinski definition) is 2. The van der Waals surface area contributed by atoms with Crippen LogP contribution in [-0.4, -0.2) is 41.8 Å². The molecule has 0 saturated heterocycles. The molecule has 4 heteroatoms. The number of halogens is 1. The monoisotopic (exact) mass is 155 g/mol. The van der Waals surface area contributed by atoms with Crippen LogP contribution in [0.2, 0.25) is 0 Å². The first-order valence-corrected chi connectivity index (χ1v) is 2.69. The van der Waals surface area contributed by atoms with Crippen LogP contribution in [0, 0.1) is 0 Å². The highest BCUT2D eigenvalue weighted by atomic mass is 35.5. The van der Waals surface area contributed by atoms with E-state index < -0.39 is 6.41 Å². The van der Waals surface area contributed by atoms with Crippen molar-refractivity contribution in [2.45, 2.75) is 13.3 Å². The van der Waals surface area contributed by atoms with Crippen molar-refractivity contribution in [2.24, 2.45) is 0 Å². The zero-order chi connectivity index (χ0) is 6.78. The molecule has 2 N–H and O–H groups in total. The molecule has 0 unspecified atom stereocenters. The van der Waals surface area contributed by atoms with Gasteiger partial charge < -0.3 is 22.6 Å². The van der Waals surface area contributed by atoms with Crippen LogP contribution in [0.25, 0.3) is 0 Å². The van der Waals surface area contributed by atoms with Gasteiger partial charge in [0.15, 0.2) is 0 Å². The molecule has 0 rings (SSSR count). The van der Waals surface area contributed by atoms with E-state index in [1.807, 2.05) is 6.92 Å². The highest BCUT2D eigenvalue weighted by Gasteiger charge is 2.19. The number of hydrogen-bond acceptors (Lipinski definition) is 2. The molecule has 0 aliphatic heterocycles.